The van der Waals surface area contributed by atoms with E-state index in [1.54, 1.807) is 38.1 Å². The van der Waals surface area contributed by atoms with Crippen LogP contribution in [-0.4, -0.2) is 67.2 Å². The number of benzene rings is 1. The molecule has 1 aliphatic heterocycles. The van der Waals surface area contributed by atoms with Gasteiger partial charge in [-0.15, -0.1) is 0 Å². The third-order valence-corrected chi connectivity index (χ3v) is 5.38. The van der Waals surface area contributed by atoms with Crippen LogP contribution in [0.15, 0.2) is 24.3 Å². The van der Waals surface area contributed by atoms with E-state index in [4.69, 9.17) is 9.47 Å². The zero-order chi connectivity index (χ0) is 23.0. The van der Waals surface area contributed by atoms with Crippen LogP contribution in [-0.2, 0) is 23.9 Å². The zero-order valence-electron chi connectivity index (χ0n) is 17.4. The van der Waals surface area contributed by atoms with Gasteiger partial charge in [-0.2, -0.15) is 25.3 Å². The quantitative estimate of drug-likeness (QED) is 0.319. The van der Waals surface area contributed by atoms with E-state index in [-0.39, 0.29) is 31.3 Å². The Morgan fingerprint density at radius 1 is 1.00 bits per heavy atom. The lowest BCUT2D eigenvalue weighted by Gasteiger charge is -2.22. The minimum Gasteiger partial charge on any atom is -0.464 e. The average Bonchev–Trinajstić information content (AvgIpc) is 3.15. The Kier molecular flexibility index (Phi) is 9.50. The van der Waals surface area contributed by atoms with Crippen molar-refractivity contribution >= 4 is 54.8 Å². The van der Waals surface area contributed by atoms with Gasteiger partial charge in [-0.25, -0.2) is 14.4 Å². The first kappa shape index (κ1) is 24.9. The first-order valence-corrected chi connectivity index (χ1v) is 11.2. The number of hydrogen-bond donors (Lipinski definition) is 4. The summed E-state index contributed by atoms with van der Waals surface area (Å²) in [7, 11) is 0. The number of fused-ring (bicyclic) bond motifs is 1. The molecule has 0 spiro atoms. The summed E-state index contributed by atoms with van der Waals surface area (Å²) in [5.41, 5.74) is 1.18. The number of ether oxygens (including phenoxy) is 2. The van der Waals surface area contributed by atoms with Gasteiger partial charge < -0.3 is 20.1 Å². The maximum absolute atomic E-state index is 12.9. The van der Waals surface area contributed by atoms with Gasteiger partial charge in [0, 0.05) is 23.7 Å². The maximum Gasteiger partial charge on any atom is 0.329 e. The molecule has 0 saturated carbocycles. The van der Waals surface area contributed by atoms with Crippen LogP contribution in [0.3, 0.4) is 0 Å². The molecule has 0 fully saturated rings. The molecule has 9 nitrogen and oxygen atoms in total. The highest BCUT2D eigenvalue weighted by Crippen LogP contribution is 2.36. The monoisotopic (exact) mass is 469 g/mol. The SMILES string of the molecule is CCOC(=O)C(CS)NC(=O)C1CN(C(=O)NC(CS)C(=O)OCC)c2ccccc21. The van der Waals surface area contributed by atoms with Gasteiger partial charge in [-0.1, -0.05) is 18.2 Å². The Labute approximate surface area is 192 Å². The Bertz CT molecular complexity index is 757. The van der Waals surface area contributed by atoms with Gasteiger partial charge in [-0.3, -0.25) is 9.69 Å². The fourth-order valence-corrected chi connectivity index (χ4v) is 3.65. The molecule has 0 bridgehead atoms. The molecule has 170 valence electrons. The van der Waals surface area contributed by atoms with Crippen LogP contribution in [0.5, 0.6) is 0 Å². The first-order valence-electron chi connectivity index (χ1n) is 9.90. The highest BCUT2D eigenvalue weighted by Gasteiger charge is 2.38. The minimum atomic E-state index is -0.923. The lowest BCUT2D eigenvalue weighted by Crippen LogP contribution is -2.50. The molecule has 31 heavy (non-hydrogen) atoms. The molecule has 3 atom stereocenters. The van der Waals surface area contributed by atoms with Crippen molar-refractivity contribution in [3.63, 3.8) is 0 Å². The third kappa shape index (κ3) is 6.07. The second-order valence-electron chi connectivity index (χ2n) is 6.65. The summed E-state index contributed by atoms with van der Waals surface area (Å²) < 4.78 is 9.91. The smallest absolute Gasteiger partial charge is 0.329 e. The maximum atomic E-state index is 12.9. The summed E-state index contributed by atoms with van der Waals surface area (Å²) in [5.74, 6) is -2.14. The number of carbonyl (C=O) groups excluding carboxylic acids is 4. The number of esters is 2. The van der Waals surface area contributed by atoms with Crippen molar-refractivity contribution in [2.24, 2.45) is 0 Å². The molecular weight excluding hydrogens is 442 g/mol. The van der Waals surface area contributed by atoms with Crippen molar-refractivity contribution in [3.8, 4) is 0 Å². The lowest BCUT2D eigenvalue weighted by atomic mass is 10.0. The molecule has 11 heteroatoms. The molecule has 2 N–H and O–H groups in total. The Hall–Kier alpha value is -2.40. The Morgan fingerprint density at radius 3 is 2.10 bits per heavy atom. The van der Waals surface area contributed by atoms with Gasteiger partial charge in [0.15, 0.2) is 0 Å². The van der Waals surface area contributed by atoms with Gasteiger partial charge in [0.05, 0.1) is 19.1 Å². The third-order valence-electron chi connectivity index (χ3n) is 4.65. The van der Waals surface area contributed by atoms with Crippen molar-refractivity contribution < 1.29 is 28.7 Å². The summed E-state index contributed by atoms with van der Waals surface area (Å²) >= 11 is 8.22. The highest BCUT2D eigenvalue weighted by molar-refractivity contribution is 7.80. The molecule has 0 aliphatic carbocycles. The molecule has 0 aromatic heterocycles. The number of thiol groups is 2. The van der Waals surface area contributed by atoms with E-state index in [2.05, 4.69) is 35.9 Å². The van der Waals surface area contributed by atoms with Crippen LogP contribution in [0.25, 0.3) is 0 Å². The Morgan fingerprint density at radius 2 is 1.55 bits per heavy atom. The molecule has 2 rings (SSSR count). The largest absolute Gasteiger partial charge is 0.464 e. The molecule has 0 saturated heterocycles. The minimum absolute atomic E-state index is 0.0429. The number of amides is 3. The van der Waals surface area contributed by atoms with E-state index in [0.717, 1.165) is 0 Å². The summed E-state index contributed by atoms with van der Waals surface area (Å²) in [6.45, 7) is 3.75. The summed E-state index contributed by atoms with van der Waals surface area (Å²) in [6, 6.07) is 4.59. The van der Waals surface area contributed by atoms with Gasteiger partial charge in [-0.05, 0) is 25.5 Å². The van der Waals surface area contributed by atoms with Gasteiger partial charge >= 0.3 is 18.0 Å². The number of nitrogens with one attached hydrogen (secondary N) is 2. The van der Waals surface area contributed by atoms with Gasteiger partial charge in [0.1, 0.15) is 12.1 Å². The van der Waals surface area contributed by atoms with Crippen LogP contribution in [0.1, 0.15) is 25.3 Å². The lowest BCUT2D eigenvalue weighted by molar-refractivity contribution is -0.146. The number of para-hydroxylation sites is 1. The number of nitrogens with zero attached hydrogens (tertiary/aromatic N) is 1. The molecule has 1 aromatic rings. The van der Waals surface area contributed by atoms with Crippen LogP contribution in [0.2, 0.25) is 0 Å². The van der Waals surface area contributed by atoms with Crippen molar-refractivity contribution in [1.82, 2.24) is 10.6 Å². The second kappa shape index (κ2) is 11.8. The molecule has 1 heterocycles. The van der Waals surface area contributed by atoms with Crippen molar-refractivity contribution in [2.75, 3.05) is 36.2 Å². The summed E-state index contributed by atoms with van der Waals surface area (Å²) in [5, 5.41) is 5.24. The number of carbonyl (C=O) groups is 4. The topological polar surface area (TPSA) is 114 Å². The van der Waals surface area contributed by atoms with E-state index in [0.29, 0.717) is 11.3 Å². The fourth-order valence-electron chi connectivity index (χ4n) is 3.17. The van der Waals surface area contributed by atoms with Crippen LogP contribution in [0.4, 0.5) is 10.5 Å². The van der Waals surface area contributed by atoms with Crippen LogP contribution >= 0.6 is 25.3 Å². The van der Waals surface area contributed by atoms with Crippen molar-refractivity contribution in [2.45, 2.75) is 31.8 Å². The number of anilines is 1. The predicted molar refractivity (Wildman–Crippen MR) is 122 cm³/mol. The normalized spacial score (nSPS) is 16.6. The number of rotatable bonds is 9. The molecule has 3 amide bonds. The van der Waals surface area contributed by atoms with Crippen molar-refractivity contribution in [1.29, 1.82) is 0 Å². The van der Waals surface area contributed by atoms with E-state index in [1.165, 1.54) is 4.90 Å². The molecule has 3 unspecified atom stereocenters. The van der Waals surface area contributed by atoms with E-state index in [1.807, 2.05) is 0 Å². The molecular formula is C20H27N3O6S2. The standard InChI is InChI=1S/C20H27N3O6S2/c1-3-28-18(25)14(10-30)21-17(24)13-9-23(16-8-6-5-7-12(13)16)20(27)22-15(11-31)19(26)29-4-2/h5-8,13-15,30-31H,3-4,9-11H2,1-2H3,(H,21,24)(H,22,27). The van der Waals surface area contributed by atoms with Crippen molar-refractivity contribution in [3.05, 3.63) is 29.8 Å². The van der Waals surface area contributed by atoms with E-state index < -0.39 is 41.9 Å². The zero-order valence-corrected chi connectivity index (χ0v) is 19.2. The first-order chi connectivity index (χ1) is 14.9. The summed E-state index contributed by atoms with van der Waals surface area (Å²) in [6.07, 6.45) is 0. The number of hydrogen-bond acceptors (Lipinski definition) is 8. The van der Waals surface area contributed by atoms with Gasteiger partial charge in [0.2, 0.25) is 5.91 Å². The fraction of sp³-hybridized carbons (Fsp3) is 0.500. The average molecular weight is 470 g/mol. The second-order valence-corrected chi connectivity index (χ2v) is 7.38. The van der Waals surface area contributed by atoms with Crippen LogP contribution in [0, 0.1) is 0 Å². The predicted octanol–water partition coefficient (Wildman–Crippen LogP) is 1.14. The van der Waals surface area contributed by atoms with E-state index in [9.17, 15) is 19.2 Å². The van der Waals surface area contributed by atoms with E-state index >= 15 is 0 Å². The molecule has 1 aromatic carbocycles. The molecule has 0 radical (unpaired) electrons. The molecule has 1 aliphatic rings. The summed E-state index contributed by atoms with van der Waals surface area (Å²) in [4.78, 5) is 51.2. The van der Waals surface area contributed by atoms with Gasteiger partial charge in [0.25, 0.3) is 0 Å². The highest BCUT2D eigenvalue weighted by atomic mass is 32.1. The van der Waals surface area contributed by atoms with Crippen LogP contribution < -0.4 is 15.5 Å². The number of urea groups is 1. The Balaban J connectivity index is 2.17.